The first-order chi connectivity index (χ1) is 28.5. The molecule has 1 amide bonds. The number of rotatable bonds is 14. The van der Waals surface area contributed by atoms with Crippen LogP contribution >= 0.6 is 11.6 Å². The Labute approximate surface area is 370 Å². The number of carbonyl (C=O) groups excluding carboxylic acids is 2. The largest absolute Gasteiger partial charge is 0.489 e. The summed E-state index contributed by atoms with van der Waals surface area (Å²) in [6, 6.07) is 36.5. The molecule has 0 radical (unpaired) electrons. The molecule has 4 aromatic rings. The summed E-state index contributed by atoms with van der Waals surface area (Å²) < 4.78 is 22.1. The SMILES string of the molecule is C.C.C1COCCN1.CC(C)(/C=C/C=C/C(=O)Cl)c1cccc(OCc2ccccc2)c1.CC(C)(/C=C/C=C/C(=O)N1CCOCC1)c1cccc(OCc2ccccc2)c1. The Morgan fingerprint density at radius 1 is 0.623 bits per heavy atom. The van der Waals surface area contributed by atoms with Crippen molar-refractivity contribution in [2.45, 2.75) is 66.6 Å². The van der Waals surface area contributed by atoms with Gasteiger partial charge >= 0.3 is 0 Å². The second-order valence-electron chi connectivity index (χ2n) is 15.1. The number of carbonyl (C=O) groups is 2. The molecule has 2 aliphatic rings. The summed E-state index contributed by atoms with van der Waals surface area (Å²) >= 11 is 5.27. The van der Waals surface area contributed by atoms with Crippen molar-refractivity contribution in [1.82, 2.24) is 10.2 Å². The number of allylic oxidation sites excluding steroid dienone is 7. The summed E-state index contributed by atoms with van der Waals surface area (Å²) in [5, 5.41) is 2.68. The molecule has 328 valence electrons. The van der Waals surface area contributed by atoms with Gasteiger partial charge in [-0.2, -0.15) is 0 Å². The molecular formula is C52H67ClN2O6. The van der Waals surface area contributed by atoms with E-state index < -0.39 is 5.24 Å². The summed E-state index contributed by atoms with van der Waals surface area (Å²) in [7, 11) is 0. The van der Waals surface area contributed by atoms with Crippen LogP contribution in [0.4, 0.5) is 0 Å². The zero-order valence-electron chi connectivity index (χ0n) is 34.9. The average molecular weight is 852 g/mol. The lowest BCUT2D eigenvalue weighted by Gasteiger charge is -2.25. The normalized spacial score (nSPS) is 14.3. The molecule has 0 aromatic heterocycles. The molecule has 0 bridgehead atoms. The van der Waals surface area contributed by atoms with Crippen LogP contribution in [0.15, 0.2) is 158 Å². The van der Waals surface area contributed by atoms with Gasteiger partial charge in [0.2, 0.25) is 11.1 Å². The van der Waals surface area contributed by atoms with E-state index in [0.29, 0.717) is 39.5 Å². The fraction of sp³-hybridized carbons (Fsp3) is 0.346. The van der Waals surface area contributed by atoms with Gasteiger partial charge in [-0.1, -0.05) is 164 Å². The monoisotopic (exact) mass is 850 g/mol. The van der Waals surface area contributed by atoms with Gasteiger partial charge in [0, 0.05) is 43.1 Å². The number of ether oxygens (including phenoxy) is 4. The predicted molar refractivity (Wildman–Crippen MR) is 252 cm³/mol. The lowest BCUT2D eigenvalue weighted by Crippen LogP contribution is -2.39. The zero-order valence-corrected chi connectivity index (χ0v) is 35.6. The highest BCUT2D eigenvalue weighted by atomic mass is 35.5. The summed E-state index contributed by atoms with van der Waals surface area (Å²) in [5.41, 5.74) is 4.21. The molecule has 2 fully saturated rings. The lowest BCUT2D eigenvalue weighted by molar-refractivity contribution is -0.130. The number of amides is 1. The third kappa shape index (κ3) is 20.2. The van der Waals surface area contributed by atoms with Crippen LogP contribution in [0.25, 0.3) is 0 Å². The van der Waals surface area contributed by atoms with Crippen molar-refractivity contribution in [1.29, 1.82) is 0 Å². The van der Waals surface area contributed by atoms with Crippen molar-refractivity contribution in [3.8, 4) is 11.5 Å². The highest BCUT2D eigenvalue weighted by molar-refractivity contribution is 6.66. The lowest BCUT2D eigenvalue weighted by atomic mass is 9.84. The standard InChI is InChI=1S/C25H29NO3.C21H21ClO2.C4H9NO.2CH4/c1-25(2,14-7-6-13-24(27)26-15-17-28-18-16-26)22-11-8-12-23(19-22)29-20-21-9-4-3-5-10-21;1-21(2,14-7-6-13-20(22)23)18-11-8-12-19(15-18)24-16-17-9-4-3-5-10-17;1-3-6-4-2-5-1;;/h3-14,19H,15-18,20H2,1-2H3;3-15H,16H2,1-2H3;5H,1-4H2;2*1H4/b2*13-6+,14-7+;;;. The van der Waals surface area contributed by atoms with Gasteiger partial charge in [-0.05, 0) is 64.2 Å². The van der Waals surface area contributed by atoms with Crippen LogP contribution in [0, 0.1) is 0 Å². The van der Waals surface area contributed by atoms with E-state index in [0.717, 1.165) is 60.1 Å². The Balaban J connectivity index is 0.000000362. The van der Waals surface area contributed by atoms with Crippen molar-refractivity contribution in [2.75, 3.05) is 52.6 Å². The van der Waals surface area contributed by atoms with Gasteiger partial charge in [0.1, 0.15) is 24.7 Å². The van der Waals surface area contributed by atoms with E-state index in [1.165, 1.54) is 6.08 Å². The second-order valence-corrected chi connectivity index (χ2v) is 15.5. The summed E-state index contributed by atoms with van der Waals surface area (Å²) in [5.74, 6) is 1.72. The predicted octanol–water partition coefficient (Wildman–Crippen LogP) is 10.8. The molecule has 61 heavy (non-hydrogen) atoms. The highest BCUT2D eigenvalue weighted by Crippen LogP contribution is 2.29. The van der Waals surface area contributed by atoms with E-state index in [2.05, 4.69) is 69.4 Å². The van der Waals surface area contributed by atoms with Crippen LogP contribution in [-0.2, 0) is 43.1 Å². The molecule has 0 spiro atoms. The van der Waals surface area contributed by atoms with Gasteiger partial charge in [-0.25, -0.2) is 0 Å². The van der Waals surface area contributed by atoms with Crippen molar-refractivity contribution >= 4 is 22.8 Å². The molecule has 0 aliphatic carbocycles. The van der Waals surface area contributed by atoms with E-state index in [1.54, 1.807) is 12.2 Å². The minimum absolute atomic E-state index is 0. The van der Waals surface area contributed by atoms with Gasteiger partial charge in [-0.3, -0.25) is 9.59 Å². The maximum absolute atomic E-state index is 12.2. The summed E-state index contributed by atoms with van der Waals surface area (Å²) in [6.45, 7) is 16.0. The highest BCUT2D eigenvalue weighted by Gasteiger charge is 2.19. The molecule has 6 rings (SSSR count). The van der Waals surface area contributed by atoms with E-state index in [9.17, 15) is 9.59 Å². The average Bonchev–Trinajstić information content (AvgIpc) is 3.27. The Kier molecular flexibility index (Phi) is 24.1. The van der Waals surface area contributed by atoms with Gasteiger partial charge in [0.25, 0.3) is 0 Å². The van der Waals surface area contributed by atoms with E-state index in [1.807, 2.05) is 108 Å². The Morgan fingerprint density at radius 2 is 1.07 bits per heavy atom. The van der Waals surface area contributed by atoms with Crippen molar-refractivity contribution in [3.63, 3.8) is 0 Å². The van der Waals surface area contributed by atoms with Gasteiger partial charge in [0.05, 0.1) is 26.4 Å². The van der Waals surface area contributed by atoms with Crippen LogP contribution in [0.5, 0.6) is 11.5 Å². The van der Waals surface area contributed by atoms with E-state index in [-0.39, 0.29) is 31.6 Å². The summed E-state index contributed by atoms with van der Waals surface area (Å²) in [6.07, 6.45) is 14.3. The van der Waals surface area contributed by atoms with Crippen LogP contribution in [0.2, 0.25) is 0 Å². The molecule has 9 heteroatoms. The number of halogens is 1. The molecular weight excluding hydrogens is 784 g/mol. The number of nitrogens with zero attached hydrogens (tertiary/aromatic N) is 1. The third-order valence-corrected chi connectivity index (χ3v) is 9.66. The minimum atomic E-state index is -0.478. The van der Waals surface area contributed by atoms with Gasteiger partial charge in [0.15, 0.2) is 0 Å². The summed E-state index contributed by atoms with van der Waals surface area (Å²) in [4.78, 5) is 24.7. The van der Waals surface area contributed by atoms with Crippen molar-refractivity contribution in [3.05, 3.63) is 180 Å². The van der Waals surface area contributed by atoms with E-state index >= 15 is 0 Å². The maximum Gasteiger partial charge on any atom is 0.246 e. The topological polar surface area (TPSA) is 86.3 Å². The van der Waals surface area contributed by atoms with Crippen LogP contribution in [0.1, 0.15) is 64.8 Å². The van der Waals surface area contributed by atoms with Crippen molar-refractivity contribution < 1.29 is 28.5 Å². The molecule has 2 saturated heterocycles. The molecule has 2 aliphatic heterocycles. The van der Waals surface area contributed by atoms with Gasteiger partial charge < -0.3 is 29.2 Å². The number of hydrogen-bond donors (Lipinski definition) is 1. The molecule has 0 saturated carbocycles. The molecule has 1 N–H and O–H groups in total. The molecule has 4 aromatic carbocycles. The first-order valence-electron chi connectivity index (χ1n) is 20.1. The van der Waals surface area contributed by atoms with Crippen LogP contribution < -0.4 is 14.8 Å². The first-order valence-corrected chi connectivity index (χ1v) is 20.5. The number of nitrogens with one attached hydrogen (secondary N) is 1. The Morgan fingerprint density at radius 3 is 1.48 bits per heavy atom. The minimum Gasteiger partial charge on any atom is -0.489 e. The molecule has 8 nitrogen and oxygen atoms in total. The Bertz CT molecular complexity index is 1950. The van der Waals surface area contributed by atoms with Gasteiger partial charge in [-0.15, -0.1) is 0 Å². The number of hydrogen-bond acceptors (Lipinski definition) is 7. The third-order valence-electron chi connectivity index (χ3n) is 9.54. The first kappa shape index (κ1) is 51.9. The number of morpholine rings is 2. The molecule has 0 atom stereocenters. The fourth-order valence-corrected chi connectivity index (χ4v) is 5.99. The molecule has 2 heterocycles. The maximum atomic E-state index is 12.2. The van der Waals surface area contributed by atoms with Crippen molar-refractivity contribution in [2.24, 2.45) is 0 Å². The fourth-order valence-electron chi connectivity index (χ4n) is 5.91. The number of benzene rings is 4. The van der Waals surface area contributed by atoms with E-state index in [4.69, 9.17) is 30.5 Å². The molecule has 0 unspecified atom stereocenters. The smallest absolute Gasteiger partial charge is 0.246 e. The quantitative estimate of drug-likeness (QED) is 0.0768. The Hall–Kier alpha value is -5.25. The zero-order chi connectivity index (χ0) is 42.2. The second kappa shape index (κ2) is 28.3. The van der Waals surface area contributed by atoms with Crippen LogP contribution in [0.3, 0.4) is 0 Å². The van der Waals surface area contributed by atoms with Crippen LogP contribution in [-0.4, -0.2) is 68.7 Å².